The third-order valence-corrected chi connectivity index (χ3v) is 3.43. The predicted octanol–water partition coefficient (Wildman–Crippen LogP) is 1.72. The lowest BCUT2D eigenvalue weighted by molar-refractivity contribution is 0.294. The number of rotatable bonds is 4. The Bertz CT molecular complexity index is 662. The summed E-state index contributed by atoms with van der Waals surface area (Å²) in [6.07, 6.45) is 5.03. The Morgan fingerprint density at radius 1 is 1.33 bits per heavy atom. The van der Waals surface area contributed by atoms with Gasteiger partial charge in [0.25, 0.3) is 0 Å². The highest BCUT2D eigenvalue weighted by Gasteiger charge is 2.17. The maximum absolute atomic E-state index is 6.07. The van der Waals surface area contributed by atoms with Crippen LogP contribution in [0.25, 0.3) is 5.70 Å². The maximum atomic E-state index is 6.07. The number of nitrogens with two attached hydrogens (primary N) is 1. The quantitative estimate of drug-likeness (QED) is 0.927. The zero-order valence-electron chi connectivity index (χ0n) is 11.2. The summed E-state index contributed by atoms with van der Waals surface area (Å²) in [5.41, 5.74) is 8.78. The molecule has 0 fully saturated rings. The van der Waals surface area contributed by atoms with Crippen LogP contribution in [0.4, 0.5) is 5.69 Å². The Morgan fingerprint density at radius 3 is 3.05 bits per heavy atom. The number of hydrogen-bond acceptors (Lipinski definition) is 6. The molecule has 6 nitrogen and oxygen atoms in total. The number of ether oxygens (including phenoxy) is 1. The molecule has 2 N–H and O–H groups in total. The Labute approximate surface area is 127 Å². The van der Waals surface area contributed by atoms with Crippen molar-refractivity contribution in [2.24, 2.45) is 5.73 Å². The van der Waals surface area contributed by atoms with Crippen molar-refractivity contribution in [2.75, 3.05) is 24.6 Å². The molecule has 0 aliphatic carbocycles. The molecule has 0 amide bonds. The van der Waals surface area contributed by atoms with Crippen LogP contribution in [-0.4, -0.2) is 34.9 Å². The van der Waals surface area contributed by atoms with Crippen molar-refractivity contribution < 1.29 is 4.74 Å². The van der Waals surface area contributed by atoms with Crippen molar-refractivity contribution in [3.05, 3.63) is 47.3 Å². The largest absolute Gasteiger partial charge is 0.461 e. The van der Waals surface area contributed by atoms with E-state index in [4.69, 9.17) is 22.1 Å². The van der Waals surface area contributed by atoms with Crippen molar-refractivity contribution in [2.45, 2.75) is 0 Å². The van der Waals surface area contributed by atoms with Crippen LogP contribution in [0.5, 0.6) is 6.01 Å². The summed E-state index contributed by atoms with van der Waals surface area (Å²) in [5, 5.41) is 8.18. The van der Waals surface area contributed by atoms with Crippen LogP contribution in [0.2, 0.25) is 5.02 Å². The topological polar surface area (TPSA) is 77.2 Å². The standard InChI is InChI=1S/C14H14ClN5O/c15-10-1-2-11-12(16)3-6-20(13(11)9-10)7-8-21-14-17-4-5-18-19-14/h1-5,9H,6-8,16H2. The van der Waals surface area contributed by atoms with Gasteiger partial charge in [-0.05, 0) is 24.3 Å². The number of nitrogens with zero attached hydrogens (tertiary/aromatic N) is 4. The second kappa shape index (κ2) is 5.97. The van der Waals surface area contributed by atoms with Gasteiger partial charge in [0, 0.05) is 28.5 Å². The van der Waals surface area contributed by atoms with Gasteiger partial charge in [0.1, 0.15) is 6.61 Å². The number of aromatic nitrogens is 3. The molecule has 0 bridgehead atoms. The molecule has 1 aromatic heterocycles. The lowest BCUT2D eigenvalue weighted by atomic mass is 10.0. The van der Waals surface area contributed by atoms with E-state index in [0.717, 1.165) is 23.5 Å². The van der Waals surface area contributed by atoms with Gasteiger partial charge in [-0.1, -0.05) is 16.7 Å². The van der Waals surface area contributed by atoms with Gasteiger partial charge in [-0.2, -0.15) is 5.10 Å². The fourth-order valence-electron chi connectivity index (χ4n) is 2.19. The lowest BCUT2D eigenvalue weighted by Crippen LogP contribution is -2.32. The molecule has 0 unspecified atom stereocenters. The molecule has 108 valence electrons. The van der Waals surface area contributed by atoms with Gasteiger partial charge in [-0.15, -0.1) is 0 Å². The van der Waals surface area contributed by atoms with Gasteiger partial charge in [0.05, 0.1) is 18.9 Å². The molecule has 1 aromatic carbocycles. The summed E-state index contributed by atoms with van der Waals surface area (Å²) >= 11 is 6.07. The molecular weight excluding hydrogens is 290 g/mol. The van der Waals surface area contributed by atoms with E-state index >= 15 is 0 Å². The number of halogens is 1. The van der Waals surface area contributed by atoms with E-state index in [1.165, 1.54) is 6.20 Å². The first-order valence-electron chi connectivity index (χ1n) is 6.51. The Morgan fingerprint density at radius 2 is 2.24 bits per heavy atom. The predicted molar refractivity (Wildman–Crippen MR) is 81.2 cm³/mol. The van der Waals surface area contributed by atoms with Crippen LogP contribution in [0.1, 0.15) is 5.56 Å². The second-order valence-corrected chi connectivity index (χ2v) is 4.98. The molecule has 0 spiro atoms. The molecule has 1 aliphatic rings. The molecule has 1 aliphatic heterocycles. The molecule has 7 heteroatoms. The molecule has 0 atom stereocenters. The van der Waals surface area contributed by atoms with Gasteiger partial charge in [-0.25, -0.2) is 4.98 Å². The molecule has 21 heavy (non-hydrogen) atoms. The van der Waals surface area contributed by atoms with Gasteiger partial charge in [0.15, 0.2) is 0 Å². The highest BCUT2D eigenvalue weighted by Crippen LogP contribution is 2.31. The van der Waals surface area contributed by atoms with Crippen molar-refractivity contribution in [3.63, 3.8) is 0 Å². The summed E-state index contributed by atoms with van der Waals surface area (Å²) in [5.74, 6) is 0. The van der Waals surface area contributed by atoms with Gasteiger partial charge in [-0.3, -0.25) is 0 Å². The van der Waals surface area contributed by atoms with E-state index in [2.05, 4.69) is 20.1 Å². The van der Waals surface area contributed by atoms with Crippen molar-refractivity contribution in [3.8, 4) is 6.01 Å². The smallest absolute Gasteiger partial charge is 0.335 e. The van der Waals surface area contributed by atoms with Crippen LogP contribution in [-0.2, 0) is 0 Å². The molecule has 0 saturated heterocycles. The summed E-state index contributed by atoms with van der Waals surface area (Å²) in [4.78, 5) is 6.11. The summed E-state index contributed by atoms with van der Waals surface area (Å²) in [7, 11) is 0. The number of anilines is 1. The minimum Gasteiger partial charge on any atom is -0.461 e. The fraction of sp³-hybridized carbons (Fsp3) is 0.214. The molecule has 3 rings (SSSR count). The average molecular weight is 304 g/mol. The number of fused-ring (bicyclic) bond motifs is 1. The summed E-state index contributed by atoms with van der Waals surface area (Å²) < 4.78 is 5.47. The Balaban J connectivity index is 1.69. The first kappa shape index (κ1) is 13.6. The summed E-state index contributed by atoms with van der Waals surface area (Å²) in [6, 6.07) is 5.96. The minimum atomic E-state index is 0.274. The van der Waals surface area contributed by atoms with Crippen LogP contribution in [0.15, 0.2) is 36.7 Å². The summed E-state index contributed by atoms with van der Waals surface area (Å²) in [6.45, 7) is 1.84. The SMILES string of the molecule is NC1=CCN(CCOc2nccnn2)c2cc(Cl)ccc21. The molecule has 0 radical (unpaired) electrons. The first-order chi connectivity index (χ1) is 10.2. The molecule has 2 heterocycles. The Hall–Kier alpha value is -2.34. The maximum Gasteiger partial charge on any atom is 0.335 e. The highest BCUT2D eigenvalue weighted by atomic mass is 35.5. The zero-order chi connectivity index (χ0) is 14.7. The third-order valence-electron chi connectivity index (χ3n) is 3.20. The van der Waals surface area contributed by atoms with E-state index in [1.807, 2.05) is 24.3 Å². The van der Waals surface area contributed by atoms with Crippen LogP contribution in [0, 0.1) is 0 Å². The van der Waals surface area contributed by atoms with Crippen LogP contribution < -0.4 is 15.4 Å². The van der Waals surface area contributed by atoms with Crippen molar-refractivity contribution >= 4 is 23.0 Å². The monoisotopic (exact) mass is 303 g/mol. The van der Waals surface area contributed by atoms with Crippen LogP contribution in [0.3, 0.4) is 0 Å². The normalized spacial score (nSPS) is 13.6. The van der Waals surface area contributed by atoms with Gasteiger partial charge < -0.3 is 15.4 Å². The van der Waals surface area contributed by atoms with E-state index in [0.29, 0.717) is 18.2 Å². The first-order valence-corrected chi connectivity index (χ1v) is 6.89. The minimum absolute atomic E-state index is 0.274. The Kier molecular flexibility index (Phi) is 3.87. The van der Waals surface area contributed by atoms with Crippen LogP contribution >= 0.6 is 11.6 Å². The van der Waals surface area contributed by atoms with E-state index < -0.39 is 0 Å². The van der Waals surface area contributed by atoms with Crippen molar-refractivity contribution in [1.29, 1.82) is 0 Å². The number of benzene rings is 1. The lowest BCUT2D eigenvalue weighted by Gasteiger charge is -2.29. The molecule has 2 aromatic rings. The zero-order valence-corrected chi connectivity index (χ0v) is 12.0. The average Bonchev–Trinajstić information content (AvgIpc) is 2.50. The van der Waals surface area contributed by atoms with Gasteiger partial charge in [0.2, 0.25) is 0 Å². The molecule has 0 saturated carbocycles. The highest BCUT2D eigenvalue weighted by molar-refractivity contribution is 6.31. The third kappa shape index (κ3) is 3.05. The van der Waals surface area contributed by atoms with Crippen molar-refractivity contribution in [1.82, 2.24) is 15.2 Å². The fourth-order valence-corrected chi connectivity index (χ4v) is 2.35. The van der Waals surface area contributed by atoms with E-state index in [-0.39, 0.29) is 6.01 Å². The van der Waals surface area contributed by atoms with E-state index in [1.54, 1.807) is 6.20 Å². The van der Waals surface area contributed by atoms with Gasteiger partial charge >= 0.3 is 6.01 Å². The van der Waals surface area contributed by atoms with E-state index in [9.17, 15) is 0 Å². The second-order valence-electron chi connectivity index (χ2n) is 4.54. The number of hydrogen-bond donors (Lipinski definition) is 1. The molecular formula is C14H14ClN5O.